The summed E-state index contributed by atoms with van der Waals surface area (Å²) in [7, 11) is 1.82. The molecule has 0 bridgehead atoms. The molecule has 5 nitrogen and oxygen atoms in total. The molecule has 3 aliphatic heterocycles. The summed E-state index contributed by atoms with van der Waals surface area (Å²) in [5.74, 6) is 0.217. The molecule has 22 heavy (non-hydrogen) atoms. The van der Waals surface area contributed by atoms with Gasteiger partial charge in [-0.05, 0) is 38.5 Å². The van der Waals surface area contributed by atoms with Crippen LogP contribution >= 0.6 is 0 Å². The van der Waals surface area contributed by atoms with Crippen molar-refractivity contribution in [1.29, 1.82) is 0 Å². The standard InChI is InChI=1S/C17H30N2O3/c1-14(20)18-9-5-15(6-10-18)19-11-7-17(8-12-19)16(21-2)4-3-13-22-17/h15-16H,3-13H2,1-2H3. The zero-order valence-corrected chi connectivity index (χ0v) is 14.1. The number of ether oxygens (including phenoxy) is 2. The Kier molecular flexibility index (Phi) is 5.05. The fourth-order valence-electron chi connectivity index (χ4n) is 4.51. The number of likely N-dealkylation sites (tertiary alicyclic amines) is 2. The summed E-state index contributed by atoms with van der Waals surface area (Å²) in [6, 6.07) is 0.637. The lowest BCUT2D eigenvalue weighted by Crippen LogP contribution is -2.58. The first-order valence-corrected chi connectivity index (χ1v) is 8.81. The second kappa shape index (κ2) is 6.85. The van der Waals surface area contributed by atoms with E-state index < -0.39 is 0 Å². The third-order valence-corrected chi connectivity index (χ3v) is 5.94. The van der Waals surface area contributed by atoms with Crippen molar-refractivity contribution in [3.63, 3.8) is 0 Å². The SMILES string of the molecule is COC1CCCOC12CCN(C1CCN(C(C)=O)CC1)CC2. The molecule has 126 valence electrons. The van der Waals surface area contributed by atoms with Crippen LogP contribution < -0.4 is 0 Å². The quantitative estimate of drug-likeness (QED) is 0.778. The van der Waals surface area contributed by atoms with Gasteiger partial charge in [-0.15, -0.1) is 0 Å². The minimum Gasteiger partial charge on any atom is -0.378 e. The van der Waals surface area contributed by atoms with E-state index in [4.69, 9.17) is 9.47 Å². The van der Waals surface area contributed by atoms with Crippen LogP contribution in [0.5, 0.6) is 0 Å². The van der Waals surface area contributed by atoms with Crippen LogP contribution in [0.4, 0.5) is 0 Å². The topological polar surface area (TPSA) is 42.0 Å². The zero-order valence-electron chi connectivity index (χ0n) is 14.1. The molecule has 3 aliphatic rings. The van der Waals surface area contributed by atoms with Gasteiger partial charge in [-0.3, -0.25) is 4.79 Å². The Morgan fingerprint density at radius 3 is 2.41 bits per heavy atom. The van der Waals surface area contributed by atoms with Crippen molar-refractivity contribution in [2.24, 2.45) is 0 Å². The average Bonchev–Trinajstić information content (AvgIpc) is 2.56. The maximum Gasteiger partial charge on any atom is 0.219 e. The lowest BCUT2D eigenvalue weighted by atomic mass is 9.81. The van der Waals surface area contributed by atoms with Crippen LogP contribution in [0.15, 0.2) is 0 Å². The molecule has 3 saturated heterocycles. The van der Waals surface area contributed by atoms with Gasteiger partial charge in [-0.25, -0.2) is 0 Å². The molecule has 3 fully saturated rings. The Morgan fingerprint density at radius 2 is 1.82 bits per heavy atom. The van der Waals surface area contributed by atoms with E-state index in [0.717, 1.165) is 71.3 Å². The molecule has 0 aliphatic carbocycles. The summed E-state index contributed by atoms with van der Waals surface area (Å²) >= 11 is 0. The molecule has 5 heteroatoms. The molecule has 0 aromatic heterocycles. The number of amides is 1. The van der Waals surface area contributed by atoms with Gasteiger partial charge in [0, 0.05) is 52.9 Å². The summed E-state index contributed by atoms with van der Waals surface area (Å²) in [6.07, 6.45) is 6.91. The summed E-state index contributed by atoms with van der Waals surface area (Å²) in [6.45, 7) is 6.60. The predicted molar refractivity (Wildman–Crippen MR) is 84.8 cm³/mol. The maximum atomic E-state index is 11.4. The minimum atomic E-state index is -0.0381. The molecule has 0 radical (unpaired) electrons. The van der Waals surface area contributed by atoms with E-state index in [2.05, 4.69) is 4.90 Å². The van der Waals surface area contributed by atoms with E-state index in [1.165, 1.54) is 0 Å². The van der Waals surface area contributed by atoms with Gasteiger partial charge in [0.1, 0.15) is 0 Å². The van der Waals surface area contributed by atoms with Crippen molar-refractivity contribution in [1.82, 2.24) is 9.80 Å². The molecule has 1 atom stereocenters. The van der Waals surface area contributed by atoms with Crippen molar-refractivity contribution in [3.05, 3.63) is 0 Å². The summed E-state index contributed by atoms with van der Waals surface area (Å²) in [4.78, 5) is 16.0. The first-order chi connectivity index (χ1) is 10.6. The molecule has 0 aromatic carbocycles. The molecule has 0 saturated carbocycles. The molecule has 3 rings (SSSR count). The number of piperidine rings is 2. The average molecular weight is 310 g/mol. The first kappa shape index (κ1) is 16.2. The van der Waals surface area contributed by atoms with E-state index in [1.807, 2.05) is 12.0 Å². The maximum absolute atomic E-state index is 11.4. The molecular formula is C17H30N2O3. The van der Waals surface area contributed by atoms with E-state index in [1.54, 1.807) is 6.92 Å². The van der Waals surface area contributed by atoms with Crippen molar-refractivity contribution < 1.29 is 14.3 Å². The van der Waals surface area contributed by atoms with Crippen LogP contribution in [-0.2, 0) is 14.3 Å². The van der Waals surface area contributed by atoms with Crippen molar-refractivity contribution in [3.8, 4) is 0 Å². The highest BCUT2D eigenvalue weighted by Crippen LogP contribution is 2.37. The van der Waals surface area contributed by atoms with Gasteiger partial charge in [0.15, 0.2) is 0 Å². The molecule has 1 amide bonds. The highest BCUT2D eigenvalue weighted by Gasteiger charge is 2.45. The minimum absolute atomic E-state index is 0.0381. The van der Waals surface area contributed by atoms with Crippen LogP contribution in [0.3, 0.4) is 0 Å². The van der Waals surface area contributed by atoms with Crippen LogP contribution in [0.2, 0.25) is 0 Å². The highest BCUT2D eigenvalue weighted by molar-refractivity contribution is 5.73. The van der Waals surface area contributed by atoms with Crippen LogP contribution in [-0.4, -0.2) is 73.3 Å². The number of carbonyl (C=O) groups is 1. The van der Waals surface area contributed by atoms with E-state index in [-0.39, 0.29) is 17.6 Å². The van der Waals surface area contributed by atoms with E-state index >= 15 is 0 Å². The van der Waals surface area contributed by atoms with Gasteiger partial charge < -0.3 is 19.3 Å². The Morgan fingerprint density at radius 1 is 1.14 bits per heavy atom. The Balaban J connectivity index is 1.52. The number of methoxy groups -OCH3 is 1. The van der Waals surface area contributed by atoms with Gasteiger partial charge in [0.2, 0.25) is 5.91 Å². The van der Waals surface area contributed by atoms with Crippen molar-refractivity contribution >= 4 is 5.91 Å². The summed E-state index contributed by atoms with van der Waals surface area (Å²) in [5, 5.41) is 0. The molecule has 0 N–H and O–H groups in total. The van der Waals surface area contributed by atoms with Crippen molar-refractivity contribution in [2.75, 3.05) is 39.9 Å². The molecular weight excluding hydrogens is 280 g/mol. The molecule has 1 spiro atoms. The second-order valence-corrected chi connectivity index (χ2v) is 7.05. The number of carbonyl (C=O) groups excluding carboxylic acids is 1. The monoisotopic (exact) mass is 310 g/mol. The lowest BCUT2D eigenvalue weighted by Gasteiger charge is -2.50. The summed E-state index contributed by atoms with van der Waals surface area (Å²) in [5.41, 5.74) is -0.0381. The fourth-order valence-corrected chi connectivity index (χ4v) is 4.51. The third-order valence-electron chi connectivity index (χ3n) is 5.94. The normalized spacial score (nSPS) is 30.6. The highest BCUT2D eigenvalue weighted by atomic mass is 16.5. The largest absolute Gasteiger partial charge is 0.378 e. The molecule has 1 unspecified atom stereocenters. The predicted octanol–water partition coefficient (Wildman–Crippen LogP) is 1.66. The van der Waals surface area contributed by atoms with Gasteiger partial charge >= 0.3 is 0 Å². The summed E-state index contributed by atoms with van der Waals surface area (Å²) < 4.78 is 11.9. The number of hydrogen-bond donors (Lipinski definition) is 0. The van der Waals surface area contributed by atoms with Gasteiger partial charge in [-0.2, -0.15) is 0 Å². The number of rotatable bonds is 2. The van der Waals surface area contributed by atoms with Crippen LogP contribution in [0, 0.1) is 0 Å². The van der Waals surface area contributed by atoms with E-state index in [9.17, 15) is 4.79 Å². The first-order valence-electron chi connectivity index (χ1n) is 8.81. The Bertz CT molecular complexity index is 385. The molecule has 0 aromatic rings. The van der Waals surface area contributed by atoms with Gasteiger partial charge in [0.25, 0.3) is 0 Å². The number of hydrogen-bond acceptors (Lipinski definition) is 4. The Labute approximate surface area is 133 Å². The zero-order chi connectivity index (χ0) is 15.6. The van der Waals surface area contributed by atoms with Crippen LogP contribution in [0.25, 0.3) is 0 Å². The van der Waals surface area contributed by atoms with Gasteiger partial charge in [-0.1, -0.05) is 0 Å². The van der Waals surface area contributed by atoms with E-state index in [0.29, 0.717) is 6.04 Å². The number of nitrogens with zero attached hydrogens (tertiary/aromatic N) is 2. The Hall–Kier alpha value is -0.650. The third kappa shape index (κ3) is 3.17. The van der Waals surface area contributed by atoms with Gasteiger partial charge in [0.05, 0.1) is 11.7 Å². The fraction of sp³-hybridized carbons (Fsp3) is 0.941. The van der Waals surface area contributed by atoms with Crippen LogP contribution in [0.1, 0.15) is 45.4 Å². The van der Waals surface area contributed by atoms with Crippen molar-refractivity contribution in [2.45, 2.75) is 63.2 Å². The second-order valence-electron chi connectivity index (χ2n) is 7.05. The molecule has 3 heterocycles. The smallest absolute Gasteiger partial charge is 0.219 e. The lowest BCUT2D eigenvalue weighted by molar-refractivity contribution is -0.189.